The largest absolute Gasteiger partial charge is 0.423 e. The number of aromatic nitrogens is 1. The van der Waals surface area contributed by atoms with Crippen LogP contribution in [0.3, 0.4) is 0 Å². The summed E-state index contributed by atoms with van der Waals surface area (Å²) in [4.78, 5) is 15.6. The molecule has 0 unspecified atom stereocenters. The van der Waals surface area contributed by atoms with Crippen molar-refractivity contribution in [3.8, 4) is 5.75 Å². The van der Waals surface area contributed by atoms with Crippen molar-refractivity contribution < 1.29 is 9.53 Å². The molecule has 0 saturated carbocycles. The number of pyridine rings is 1. The number of benzene rings is 1. The third-order valence-electron chi connectivity index (χ3n) is 2.16. The Labute approximate surface area is 104 Å². The van der Waals surface area contributed by atoms with E-state index in [0.717, 1.165) is 5.56 Å². The van der Waals surface area contributed by atoms with Crippen LogP contribution in [0.25, 0.3) is 0 Å². The van der Waals surface area contributed by atoms with Crippen molar-refractivity contribution in [3.63, 3.8) is 0 Å². The summed E-state index contributed by atoms with van der Waals surface area (Å²) < 4.78 is 5.21. The standard InChI is InChI=1S/C13H10ClNO2/c1-9-3-2-4-11(7-9)17-13(16)10-5-6-15-12(14)8-10/h2-8H,1H3. The maximum atomic E-state index is 11.8. The Morgan fingerprint density at radius 3 is 2.82 bits per heavy atom. The predicted molar refractivity (Wildman–Crippen MR) is 65.4 cm³/mol. The number of hydrogen-bond acceptors (Lipinski definition) is 3. The lowest BCUT2D eigenvalue weighted by molar-refractivity contribution is 0.0734. The zero-order valence-corrected chi connectivity index (χ0v) is 9.94. The Morgan fingerprint density at radius 2 is 2.12 bits per heavy atom. The topological polar surface area (TPSA) is 39.2 Å². The molecule has 2 rings (SSSR count). The molecule has 0 saturated heterocycles. The molecule has 4 heteroatoms. The fourth-order valence-corrected chi connectivity index (χ4v) is 1.55. The Kier molecular flexibility index (Phi) is 3.40. The molecule has 0 aliphatic heterocycles. The van der Waals surface area contributed by atoms with Gasteiger partial charge in [-0.05, 0) is 36.8 Å². The van der Waals surface area contributed by atoms with Gasteiger partial charge in [-0.2, -0.15) is 0 Å². The van der Waals surface area contributed by atoms with Gasteiger partial charge in [0.15, 0.2) is 0 Å². The van der Waals surface area contributed by atoms with Crippen LogP contribution in [0.5, 0.6) is 5.75 Å². The molecular weight excluding hydrogens is 238 g/mol. The molecule has 1 aromatic heterocycles. The average Bonchev–Trinajstić information content (AvgIpc) is 2.29. The average molecular weight is 248 g/mol. The molecule has 0 bridgehead atoms. The van der Waals surface area contributed by atoms with Crippen molar-refractivity contribution in [1.29, 1.82) is 0 Å². The molecule has 0 aliphatic carbocycles. The molecular formula is C13H10ClNO2. The Hall–Kier alpha value is -1.87. The third-order valence-corrected chi connectivity index (χ3v) is 2.37. The van der Waals surface area contributed by atoms with E-state index in [9.17, 15) is 4.79 Å². The highest BCUT2D eigenvalue weighted by molar-refractivity contribution is 6.29. The van der Waals surface area contributed by atoms with Gasteiger partial charge in [0.1, 0.15) is 10.9 Å². The maximum absolute atomic E-state index is 11.8. The van der Waals surface area contributed by atoms with Crippen molar-refractivity contribution in [2.24, 2.45) is 0 Å². The minimum atomic E-state index is -0.445. The summed E-state index contributed by atoms with van der Waals surface area (Å²) in [7, 11) is 0. The van der Waals surface area contributed by atoms with Crippen LogP contribution in [0, 0.1) is 6.92 Å². The summed E-state index contributed by atoms with van der Waals surface area (Å²) in [6.07, 6.45) is 1.47. The van der Waals surface area contributed by atoms with E-state index >= 15 is 0 Å². The minimum Gasteiger partial charge on any atom is -0.423 e. The fraction of sp³-hybridized carbons (Fsp3) is 0.0769. The van der Waals surface area contributed by atoms with Gasteiger partial charge < -0.3 is 4.74 Å². The van der Waals surface area contributed by atoms with Gasteiger partial charge in [-0.25, -0.2) is 9.78 Å². The number of carbonyl (C=O) groups is 1. The maximum Gasteiger partial charge on any atom is 0.343 e. The van der Waals surface area contributed by atoms with Crippen LogP contribution in [-0.2, 0) is 0 Å². The smallest absolute Gasteiger partial charge is 0.343 e. The van der Waals surface area contributed by atoms with Gasteiger partial charge in [-0.3, -0.25) is 0 Å². The molecule has 3 nitrogen and oxygen atoms in total. The fourth-order valence-electron chi connectivity index (χ4n) is 1.37. The normalized spacial score (nSPS) is 10.0. The second kappa shape index (κ2) is 4.97. The molecule has 1 heterocycles. The molecule has 1 aromatic carbocycles. The summed E-state index contributed by atoms with van der Waals surface area (Å²) in [6.45, 7) is 1.93. The quantitative estimate of drug-likeness (QED) is 0.465. The van der Waals surface area contributed by atoms with Crippen LogP contribution in [0.2, 0.25) is 5.15 Å². The van der Waals surface area contributed by atoms with Gasteiger partial charge in [0.25, 0.3) is 0 Å². The van der Waals surface area contributed by atoms with Gasteiger partial charge in [0.05, 0.1) is 5.56 Å². The van der Waals surface area contributed by atoms with E-state index < -0.39 is 5.97 Å². The van der Waals surface area contributed by atoms with Crippen molar-refractivity contribution >= 4 is 17.6 Å². The summed E-state index contributed by atoms with van der Waals surface area (Å²) in [5, 5.41) is 0.267. The van der Waals surface area contributed by atoms with Gasteiger partial charge in [0.2, 0.25) is 0 Å². The lowest BCUT2D eigenvalue weighted by atomic mass is 10.2. The van der Waals surface area contributed by atoms with E-state index in [0.29, 0.717) is 11.3 Å². The molecule has 86 valence electrons. The number of rotatable bonds is 2. The van der Waals surface area contributed by atoms with E-state index in [1.54, 1.807) is 18.2 Å². The van der Waals surface area contributed by atoms with Gasteiger partial charge in [-0.1, -0.05) is 23.7 Å². The van der Waals surface area contributed by atoms with E-state index in [-0.39, 0.29) is 5.15 Å². The Morgan fingerprint density at radius 1 is 1.29 bits per heavy atom. The van der Waals surface area contributed by atoms with Crippen LogP contribution >= 0.6 is 11.6 Å². The van der Waals surface area contributed by atoms with Crippen LogP contribution in [0.1, 0.15) is 15.9 Å². The SMILES string of the molecule is Cc1cccc(OC(=O)c2ccnc(Cl)c2)c1. The molecule has 0 aliphatic rings. The molecule has 0 fully saturated rings. The van der Waals surface area contributed by atoms with Crippen molar-refractivity contribution in [2.75, 3.05) is 0 Å². The zero-order valence-electron chi connectivity index (χ0n) is 9.18. The zero-order chi connectivity index (χ0) is 12.3. The second-order valence-corrected chi connectivity index (χ2v) is 3.96. The molecule has 2 aromatic rings. The Balaban J connectivity index is 2.17. The predicted octanol–water partition coefficient (Wildman–Crippen LogP) is 3.26. The van der Waals surface area contributed by atoms with Gasteiger partial charge >= 0.3 is 5.97 Å². The number of hydrogen-bond donors (Lipinski definition) is 0. The van der Waals surface area contributed by atoms with Gasteiger partial charge in [-0.15, -0.1) is 0 Å². The molecule has 17 heavy (non-hydrogen) atoms. The first-order valence-electron chi connectivity index (χ1n) is 5.05. The van der Waals surface area contributed by atoms with E-state index in [1.807, 2.05) is 19.1 Å². The van der Waals surface area contributed by atoms with Crippen LogP contribution in [-0.4, -0.2) is 11.0 Å². The number of halogens is 1. The number of esters is 1. The first kappa shape index (κ1) is 11.6. The van der Waals surface area contributed by atoms with E-state index in [1.165, 1.54) is 12.3 Å². The monoisotopic (exact) mass is 247 g/mol. The highest BCUT2D eigenvalue weighted by Crippen LogP contribution is 2.15. The van der Waals surface area contributed by atoms with Crippen LogP contribution in [0.4, 0.5) is 0 Å². The first-order chi connectivity index (χ1) is 8.15. The summed E-state index contributed by atoms with van der Waals surface area (Å²) in [6, 6.07) is 10.3. The van der Waals surface area contributed by atoms with E-state index in [4.69, 9.17) is 16.3 Å². The lowest BCUT2D eigenvalue weighted by Gasteiger charge is -2.04. The van der Waals surface area contributed by atoms with Crippen molar-refractivity contribution in [3.05, 3.63) is 58.9 Å². The molecule has 0 radical (unpaired) electrons. The number of nitrogens with zero attached hydrogens (tertiary/aromatic N) is 1. The highest BCUT2D eigenvalue weighted by Gasteiger charge is 2.09. The summed E-state index contributed by atoms with van der Waals surface area (Å²) in [5.74, 6) is 0.0721. The summed E-state index contributed by atoms with van der Waals surface area (Å²) in [5.41, 5.74) is 1.41. The second-order valence-electron chi connectivity index (χ2n) is 3.57. The van der Waals surface area contributed by atoms with E-state index in [2.05, 4.69) is 4.98 Å². The molecule has 0 spiro atoms. The van der Waals surface area contributed by atoms with Crippen molar-refractivity contribution in [1.82, 2.24) is 4.98 Å². The van der Waals surface area contributed by atoms with Crippen molar-refractivity contribution in [2.45, 2.75) is 6.92 Å². The number of aryl methyl sites for hydroxylation is 1. The molecule has 0 N–H and O–H groups in total. The van der Waals surface area contributed by atoms with Crippen LogP contribution in [0.15, 0.2) is 42.6 Å². The first-order valence-corrected chi connectivity index (χ1v) is 5.43. The summed E-state index contributed by atoms with van der Waals surface area (Å²) >= 11 is 5.70. The lowest BCUT2D eigenvalue weighted by Crippen LogP contribution is -2.08. The third kappa shape index (κ3) is 3.04. The number of carbonyl (C=O) groups excluding carboxylic acids is 1. The molecule has 0 amide bonds. The Bertz CT molecular complexity index is 555. The minimum absolute atomic E-state index is 0.267. The molecule has 0 atom stereocenters. The number of ether oxygens (including phenoxy) is 1. The van der Waals surface area contributed by atoms with Crippen LogP contribution < -0.4 is 4.74 Å². The van der Waals surface area contributed by atoms with Gasteiger partial charge in [0, 0.05) is 6.20 Å². The highest BCUT2D eigenvalue weighted by atomic mass is 35.5.